The second kappa shape index (κ2) is 6.57. The molecule has 1 aliphatic carbocycles. The van der Waals surface area contributed by atoms with Crippen LogP contribution in [0.25, 0.3) is 0 Å². The summed E-state index contributed by atoms with van der Waals surface area (Å²) in [5.41, 5.74) is 5.10. The molecule has 104 valence electrons. The van der Waals surface area contributed by atoms with Crippen molar-refractivity contribution in [2.45, 2.75) is 45.1 Å². The Balaban J connectivity index is 2.16. The number of nitrogens with two attached hydrogens (primary N) is 1. The van der Waals surface area contributed by atoms with E-state index in [9.17, 15) is 0 Å². The molecule has 1 fully saturated rings. The zero-order valence-corrected chi connectivity index (χ0v) is 11.9. The van der Waals surface area contributed by atoms with Crippen LogP contribution in [-0.4, -0.2) is 19.0 Å². The van der Waals surface area contributed by atoms with Crippen molar-refractivity contribution in [3.05, 3.63) is 29.8 Å². The van der Waals surface area contributed by atoms with E-state index in [0.29, 0.717) is 6.04 Å². The molecule has 0 amide bonds. The lowest BCUT2D eigenvalue weighted by atomic mass is 9.96. The molecule has 0 spiro atoms. The number of hydrazine groups is 1. The molecule has 1 saturated carbocycles. The number of aliphatic imine (C=N–C) groups is 1. The second-order valence-electron chi connectivity index (χ2n) is 5.23. The van der Waals surface area contributed by atoms with E-state index in [-0.39, 0.29) is 0 Å². The molecule has 1 aromatic rings. The van der Waals surface area contributed by atoms with Gasteiger partial charge in [0, 0.05) is 12.7 Å². The standard InChI is InChI=1S/C15H24N4/c1-12-8-6-7-11-14(12)19(2)15(18-16)17-13-9-4-3-5-10-13/h6-8,11,13H,3-5,9-10,16H2,1-2H3,(H,17,18). The normalized spacial score (nSPS) is 17.3. The number of hydrogen-bond donors (Lipinski definition) is 2. The van der Waals surface area contributed by atoms with Gasteiger partial charge in [-0.05, 0) is 31.4 Å². The van der Waals surface area contributed by atoms with E-state index in [1.807, 2.05) is 24.1 Å². The van der Waals surface area contributed by atoms with Crippen molar-refractivity contribution in [3.63, 3.8) is 0 Å². The van der Waals surface area contributed by atoms with Gasteiger partial charge in [-0.15, -0.1) is 0 Å². The topological polar surface area (TPSA) is 53.6 Å². The van der Waals surface area contributed by atoms with E-state index in [0.717, 1.165) is 11.6 Å². The van der Waals surface area contributed by atoms with Crippen LogP contribution in [-0.2, 0) is 0 Å². The predicted octanol–water partition coefficient (Wildman–Crippen LogP) is 2.58. The van der Waals surface area contributed by atoms with E-state index in [1.54, 1.807) is 0 Å². The van der Waals surface area contributed by atoms with Gasteiger partial charge >= 0.3 is 0 Å². The molecule has 0 unspecified atom stereocenters. The Morgan fingerprint density at radius 1 is 1.26 bits per heavy atom. The van der Waals surface area contributed by atoms with Crippen molar-refractivity contribution in [1.82, 2.24) is 5.43 Å². The fraction of sp³-hybridized carbons (Fsp3) is 0.533. The summed E-state index contributed by atoms with van der Waals surface area (Å²) in [6.07, 6.45) is 6.24. The zero-order valence-electron chi connectivity index (χ0n) is 11.9. The molecule has 3 N–H and O–H groups in total. The third-order valence-electron chi connectivity index (χ3n) is 3.80. The first-order valence-corrected chi connectivity index (χ1v) is 7.06. The molecule has 1 aliphatic rings. The van der Waals surface area contributed by atoms with Gasteiger partial charge in [-0.3, -0.25) is 5.43 Å². The Bertz CT molecular complexity index is 436. The first-order chi connectivity index (χ1) is 9.22. The molecule has 0 aliphatic heterocycles. The van der Waals surface area contributed by atoms with Crippen LogP contribution in [0.1, 0.15) is 37.7 Å². The highest BCUT2D eigenvalue weighted by Crippen LogP contribution is 2.22. The van der Waals surface area contributed by atoms with Gasteiger partial charge in [-0.25, -0.2) is 10.8 Å². The van der Waals surface area contributed by atoms with Gasteiger partial charge in [0.1, 0.15) is 0 Å². The van der Waals surface area contributed by atoms with Gasteiger partial charge in [-0.2, -0.15) is 0 Å². The van der Waals surface area contributed by atoms with Crippen LogP contribution in [0.5, 0.6) is 0 Å². The van der Waals surface area contributed by atoms with Crippen LogP contribution < -0.4 is 16.2 Å². The maximum absolute atomic E-state index is 5.66. The van der Waals surface area contributed by atoms with Crippen molar-refractivity contribution in [3.8, 4) is 0 Å². The monoisotopic (exact) mass is 260 g/mol. The van der Waals surface area contributed by atoms with Gasteiger partial charge < -0.3 is 4.90 Å². The number of aryl methyl sites for hydroxylation is 1. The Morgan fingerprint density at radius 3 is 2.58 bits per heavy atom. The SMILES string of the molecule is Cc1ccccc1N(C)C(=NC1CCCCC1)NN. The summed E-state index contributed by atoms with van der Waals surface area (Å²) >= 11 is 0. The van der Waals surface area contributed by atoms with Crippen molar-refractivity contribution in [2.24, 2.45) is 10.8 Å². The first kappa shape index (κ1) is 13.9. The number of benzene rings is 1. The molecular weight excluding hydrogens is 236 g/mol. The number of hydrogen-bond acceptors (Lipinski definition) is 2. The average molecular weight is 260 g/mol. The molecule has 0 heterocycles. The summed E-state index contributed by atoms with van der Waals surface area (Å²) in [6, 6.07) is 8.67. The molecule has 0 radical (unpaired) electrons. The van der Waals surface area contributed by atoms with Crippen molar-refractivity contribution in [1.29, 1.82) is 0 Å². The summed E-state index contributed by atoms with van der Waals surface area (Å²) in [4.78, 5) is 6.81. The van der Waals surface area contributed by atoms with Gasteiger partial charge in [0.05, 0.1) is 6.04 Å². The highest BCUT2D eigenvalue weighted by molar-refractivity contribution is 5.95. The maximum atomic E-state index is 5.66. The van der Waals surface area contributed by atoms with Gasteiger partial charge in [0.2, 0.25) is 5.96 Å². The van der Waals surface area contributed by atoms with Crippen LogP contribution in [0.4, 0.5) is 5.69 Å². The summed E-state index contributed by atoms with van der Waals surface area (Å²) in [7, 11) is 2.00. The van der Waals surface area contributed by atoms with Crippen LogP contribution in [0.3, 0.4) is 0 Å². The maximum Gasteiger partial charge on any atom is 0.212 e. The minimum absolute atomic E-state index is 0.409. The van der Waals surface area contributed by atoms with Gasteiger partial charge in [0.15, 0.2) is 0 Å². The summed E-state index contributed by atoms with van der Waals surface area (Å²) in [5.74, 6) is 6.41. The van der Waals surface area contributed by atoms with Crippen LogP contribution in [0.15, 0.2) is 29.3 Å². The van der Waals surface area contributed by atoms with Crippen molar-refractivity contribution >= 4 is 11.6 Å². The van der Waals surface area contributed by atoms with Gasteiger partial charge in [0.25, 0.3) is 0 Å². The molecule has 0 aromatic heterocycles. The molecule has 0 bridgehead atoms. The Morgan fingerprint density at radius 2 is 1.95 bits per heavy atom. The third kappa shape index (κ3) is 3.47. The number of para-hydroxylation sites is 1. The van der Waals surface area contributed by atoms with Crippen LogP contribution in [0.2, 0.25) is 0 Å². The first-order valence-electron chi connectivity index (χ1n) is 7.06. The van der Waals surface area contributed by atoms with Crippen molar-refractivity contribution < 1.29 is 0 Å². The fourth-order valence-electron chi connectivity index (χ4n) is 2.66. The van der Waals surface area contributed by atoms with Crippen molar-refractivity contribution in [2.75, 3.05) is 11.9 Å². The number of guanidine groups is 1. The largest absolute Gasteiger partial charge is 0.314 e. The predicted molar refractivity (Wildman–Crippen MR) is 81.2 cm³/mol. The minimum Gasteiger partial charge on any atom is -0.314 e. The third-order valence-corrected chi connectivity index (χ3v) is 3.80. The van der Waals surface area contributed by atoms with E-state index >= 15 is 0 Å². The fourth-order valence-corrected chi connectivity index (χ4v) is 2.66. The van der Waals surface area contributed by atoms with E-state index in [1.165, 1.54) is 37.7 Å². The summed E-state index contributed by atoms with van der Waals surface area (Å²) in [5, 5.41) is 0. The quantitative estimate of drug-likeness (QED) is 0.372. The Kier molecular flexibility index (Phi) is 4.80. The minimum atomic E-state index is 0.409. The highest BCUT2D eigenvalue weighted by atomic mass is 15.4. The van der Waals surface area contributed by atoms with Gasteiger partial charge in [-0.1, -0.05) is 37.5 Å². The zero-order chi connectivity index (χ0) is 13.7. The summed E-state index contributed by atoms with van der Waals surface area (Å²) in [6.45, 7) is 2.10. The van der Waals surface area contributed by atoms with E-state index in [2.05, 4.69) is 24.5 Å². The number of nitrogens with one attached hydrogen (secondary N) is 1. The molecule has 2 rings (SSSR count). The lowest BCUT2D eigenvalue weighted by Gasteiger charge is -2.25. The second-order valence-corrected chi connectivity index (χ2v) is 5.23. The average Bonchev–Trinajstić information content (AvgIpc) is 2.46. The van der Waals surface area contributed by atoms with E-state index in [4.69, 9.17) is 10.8 Å². The molecule has 19 heavy (non-hydrogen) atoms. The lowest BCUT2D eigenvalue weighted by Crippen LogP contribution is -2.44. The van der Waals surface area contributed by atoms with E-state index < -0.39 is 0 Å². The summed E-state index contributed by atoms with van der Waals surface area (Å²) < 4.78 is 0. The molecule has 0 saturated heterocycles. The van der Waals surface area contributed by atoms with Crippen LogP contribution in [0, 0.1) is 6.92 Å². The van der Waals surface area contributed by atoms with Crippen LogP contribution >= 0.6 is 0 Å². The molecule has 0 atom stereocenters. The molecular formula is C15H24N4. The highest BCUT2D eigenvalue weighted by Gasteiger charge is 2.16. The Hall–Kier alpha value is -1.55. The molecule has 4 heteroatoms. The number of anilines is 1. The molecule has 1 aromatic carbocycles. The molecule has 4 nitrogen and oxygen atoms in total. The smallest absolute Gasteiger partial charge is 0.212 e. The lowest BCUT2D eigenvalue weighted by molar-refractivity contribution is 0.442. The number of nitrogens with zero attached hydrogens (tertiary/aromatic N) is 2. The Labute approximate surface area is 115 Å². The number of rotatable bonds is 2.